The highest BCUT2D eigenvalue weighted by atomic mass is 32.1. The fourth-order valence-electron chi connectivity index (χ4n) is 2.99. The highest BCUT2D eigenvalue weighted by Gasteiger charge is 2.28. The van der Waals surface area contributed by atoms with Gasteiger partial charge in [0, 0.05) is 6.07 Å². The van der Waals surface area contributed by atoms with Gasteiger partial charge in [0.25, 0.3) is 5.91 Å². The summed E-state index contributed by atoms with van der Waals surface area (Å²) in [5.74, 6) is -2.25. The number of hydrogen-bond acceptors (Lipinski definition) is 8. The van der Waals surface area contributed by atoms with Gasteiger partial charge in [-0.25, -0.2) is 9.59 Å². The Kier molecular flexibility index (Phi) is 6.55. The SMILES string of the molecule is CCOC(=O)c1sc(NC(=O)c2cc(=O)c3cc(C)ccc3o2)c(C(=O)OCC)c1C. The number of amides is 1. The Morgan fingerprint density at radius 2 is 1.71 bits per heavy atom. The maximum atomic E-state index is 12.8. The Labute approximate surface area is 181 Å². The zero-order valence-corrected chi connectivity index (χ0v) is 18.3. The number of nitrogens with one attached hydrogen (secondary N) is 1. The van der Waals surface area contributed by atoms with Crippen molar-refractivity contribution in [2.45, 2.75) is 27.7 Å². The number of benzene rings is 1. The number of esters is 2. The van der Waals surface area contributed by atoms with Crippen molar-refractivity contribution in [2.75, 3.05) is 18.5 Å². The average Bonchev–Trinajstić information content (AvgIpc) is 3.04. The van der Waals surface area contributed by atoms with Crippen LogP contribution in [0.2, 0.25) is 0 Å². The summed E-state index contributed by atoms with van der Waals surface area (Å²) in [6.45, 7) is 7.01. The van der Waals surface area contributed by atoms with Gasteiger partial charge in [-0.05, 0) is 45.4 Å². The van der Waals surface area contributed by atoms with E-state index in [0.717, 1.165) is 23.0 Å². The molecule has 0 spiro atoms. The Morgan fingerprint density at radius 1 is 1.03 bits per heavy atom. The van der Waals surface area contributed by atoms with Crippen LogP contribution in [0, 0.1) is 13.8 Å². The van der Waals surface area contributed by atoms with E-state index < -0.39 is 17.8 Å². The zero-order chi connectivity index (χ0) is 22.7. The van der Waals surface area contributed by atoms with Gasteiger partial charge >= 0.3 is 11.9 Å². The lowest BCUT2D eigenvalue weighted by molar-refractivity contribution is 0.0527. The molecule has 0 saturated heterocycles. The highest BCUT2D eigenvalue weighted by Crippen LogP contribution is 2.34. The predicted octanol–water partition coefficient (Wildman–Crippen LogP) is 4.08. The topological polar surface area (TPSA) is 112 Å². The molecule has 0 atom stereocenters. The molecule has 9 heteroatoms. The van der Waals surface area contributed by atoms with Crippen LogP contribution in [0.1, 0.15) is 55.6 Å². The minimum atomic E-state index is -0.734. The molecule has 31 heavy (non-hydrogen) atoms. The monoisotopic (exact) mass is 443 g/mol. The molecule has 0 aliphatic carbocycles. The van der Waals surface area contributed by atoms with E-state index in [9.17, 15) is 19.2 Å². The Bertz CT molecular complexity index is 1240. The molecule has 0 aliphatic rings. The minimum absolute atomic E-state index is 0.0574. The first-order chi connectivity index (χ1) is 14.8. The smallest absolute Gasteiger partial charge is 0.348 e. The lowest BCUT2D eigenvalue weighted by Gasteiger charge is -2.07. The van der Waals surface area contributed by atoms with E-state index in [1.807, 2.05) is 6.92 Å². The van der Waals surface area contributed by atoms with Crippen LogP contribution in [-0.4, -0.2) is 31.1 Å². The van der Waals surface area contributed by atoms with E-state index in [0.29, 0.717) is 10.9 Å². The van der Waals surface area contributed by atoms with Crippen molar-refractivity contribution >= 4 is 45.2 Å². The van der Waals surface area contributed by atoms with Gasteiger partial charge in [0.05, 0.1) is 24.2 Å². The van der Waals surface area contributed by atoms with Gasteiger partial charge in [-0.3, -0.25) is 9.59 Å². The molecule has 3 aromatic rings. The number of carbonyl (C=O) groups excluding carboxylic acids is 3. The molecule has 0 bridgehead atoms. The Balaban J connectivity index is 2.02. The molecule has 0 aliphatic heterocycles. The third kappa shape index (κ3) is 4.51. The molecule has 3 rings (SSSR count). The van der Waals surface area contributed by atoms with E-state index in [2.05, 4.69) is 5.32 Å². The lowest BCUT2D eigenvalue weighted by Crippen LogP contribution is -2.17. The number of rotatable bonds is 6. The summed E-state index contributed by atoms with van der Waals surface area (Å²) in [4.78, 5) is 50.1. The number of thiophene rings is 1. The van der Waals surface area contributed by atoms with Crippen molar-refractivity contribution in [3.8, 4) is 0 Å². The van der Waals surface area contributed by atoms with E-state index in [4.69, 9.17) is 13.9 Å². The molecule has 8 nitrogen and oxygen atoms in total. The average molecular weight is 443 g/mol. The molecule has 1 aromatic carbocycles. The molecule has 0 fully saturated rings. The van der Waals surface area contributed by atoms with Gasteiger partial charge in [-0.15, -0.1) is 11.3 Å². The fourth-order valence-corrected chi connectivity index (χ4v) is 4.07. The van der Waals surface area contributed by atoms with Crippen LogP contribution in [-0.2, 0) is 9.47 Å². The number of hydrogen-bond donors (Lipinski definition) is 1. The summed E-state index contributed by atoms with van der Waals surface area (Å²) >= 11 is 0.894. The summed E-state index contributed by atoms with van der Waals surface area (Å²) in [6, 6.07) is 6.14. The molecular formula is C22H21NO7S. The van der Waals surface area contributed by atoms with Gasteiger partial charge in [0.1, 0.15) is 15.5 Å². The molecular weight excluding hydrogens is 422 g/mol. The van der Waals surface area contributed by atoms with Crippen molar-refractivity contribution in [1.29, 1.82) is 0 Å². The first-order valence-electron chi connectivity index (χ1n) is 9.60. The van der Waals surface area contributed by atoms with Gasteiger partial charge in [0.15, 0.2) is 11.2 Å². The second kappa shape index (κ2) is 9.13. The molecule has 0 radical (unpaired) electrons. The molecule has 0 saturated carbocycles. The third-order valence-corrected chi connectivity index (χ3v) is 5.61. The van der Waals surface area contributed by atoms with E-state index >= 15 is 0 Å². The number of anilines is 1. The molecule has 2 aromatic heterocycles. The van der Waals surface area contributed by atoms with Crippen LogP contribution >= 0.6 is 11.3 Å². The molecule has 1 N–H and O–H groups in total. The largest absolute Gasteiger partial charge is 0.462 e. The third-order valence-electron chi connectivity index (χ3n) is 4.42. The molecule has 162 valence electrons. The minimum Gasteiger partial charge on any atom is -0.462 e. The molecule has 0 unspecified atom stereocenters. The standard InChI is InChI=1S/C22H21NO7S/c1-5-28-21(26)17-12(4)18(22(27)29-6-2)31-20(17)23-19(25)16-10-14(24)13-9-11(3)7-8-15(13)30-16/h7-10H,5-6H2,1-4H3,(H,23,25). The highest BCUT2D eigenvalue weighted by molar-refractivity contribution is 7.18. The van der Waals surface area contributed by atoms with Gasteiger partial charge in [0.2, 0.25) is 0 Å². The lowest BCUT2D eigenvalue weighted by atomic mass is 10.1. The van der Waals surface area contributed by atoms with E-state index in [-0.39, 0.29) is 45.4 Å². The van der Waals surface area contributed by atoms with Crippen molar-refractivity contribution < 1.29 is 28.3 Å². The first-order valence-corrected chi connectivity index (χ1v) is 10.4. The van der Waals surface area contributed by atoms with Crippen molar-refractivity contribution in [3.05, 3.63) is 61.8 Å². The predicted molar refractivity (Wildman–Crippen MR) is 116 cm³/mol. The number of ether oxygens (including phenoxy) is 2. The van der Waals surface area contributed by atoms with Crippen molar-refractivity contribution in [3.63, 3.8) is 0 Å². The maximum absolute atomic E-state index is 12.8. The summed E-state index contributed by atoms with van der Waals surface area (Å²) in [6.07, 6.45) is 0. The van der Waals surface area contributed by atoms with Crippen molar-refractivity contribution in [1.82, 2.24) is 0 Å². The normalized spacial score (nSPS) is 10.7. The second-order valence-corrected chi connectivity index (χ2v) is 7.65. The van der Waals surface area contributed by atoms with Crippen molar-refractivity contribution in [2.24, 2.45) is 0 Å². The zero-order valence-electron chi connectivity index (χ0n) is 17.5. The summed E-state index contributed by atoms with van der Waals surface area (Å²) < 4.78 is 15.7. The van der Waals surface area contributed by atoms with E-state index in [1.165, 1.54) is 0 Å². The van der Waals surface area contributed by atoms with Crippen LogP contribution < -0.4 is 10.7 Å². The summed E-state index contributed by atoms with van der Waals surface area (Å²) in [7, 11) is 0. The second-order valence-electron chi connectivity index (χ2n) is 6.63. The molecule has 2 heterocycles. The summed E-state index contributed by atoms with van der Waals surface area (Å²) in [5, 5.41) is 3.03. The first kappa shape index (κ1) is 22.2. The number of fused-ring (bicyclic) bond motifs is 1. The van der Waals surface area contributed by atoms with Gasteiger partial charge in [-0.2, -0.15) is 0 Å². The van der Waals surface area contributed by atoms with Gasteiger partial charge < -0.3 is 19.2 Å². The van der Waals surface area contributed by atoms with Crippen LogP contribution in [0.25, 0.3) is 11.0 Å². The Morgan fingerprint density at radius 3 is 2.39 bits per heavy atom. The van der Waals surface area contributed by atoms with Gasteiger partial charge in [-0.1, -0.05) is 11.6 Å². The molecule has 1 amide bonds. The fraction of sp³-hybridized carbons (Fsp3) is 0.273. The van der Waals surface area contributed by atoms with Crippen LogP contribution in [0.3, 0.4) is 0 Å². The number of carbonyl (C=O) groups is 3. The van der Waals surface area contributed by atoms with Crippen LogP contribution in [0.15, 0.2) is 33.5 Å². The van der Waals surface area contributed by atoms with E-state index in [1.54, 1.807) is 39.0 Å². The number of aryl methyl sites for hydroxylation is 1. The summed E-state index contributed by atoms with van der Waals surface area (Å²) in [5.41, 5.74) is 1.19. The van der Waals surface area contributed by atoms with Crippen LogP contribution in [0.4, 0.5) is 5.00 Å². The maximum Gasteiger partial charge on any atom is 0.348 e. The Hall–Kier alpha value is -3.46. The quantitative estimate of drug-likeness (QED) is 0.571. The van der Waals surface area contributed by atoms with Crippen LogP contribution in [0.5, 0.6) is 0 Å².